The van der Waals surface area contributed by atoms with E-state index >= 15 is 0 Å². The van der Waals surface area contributed by atoms with Crippen molar-refractivity contribution in [3.05, 3.63) is 59.7 Å². The van der Waals surface area contributed by atoms with E-state index in [0.29, 0.717) is 26.3 Å². The highest BCUT2D eigenvalue weighted by atomic mass is 16.5. The van der Waals surface area contributed by atoms with E-state index < -0.39 is 0 Å². The van der Waals surface area contributed by atoms with Crippen molar-refractivity contribution in [1.82, 2.24) is 10.6 Å². The van der Waals surface area contributed by atoms with E-state index in [-0.39, 0.29) is 6.03 Å². The second-order valence-corrected chi connectivity index (χ2v) is 5.49. The third-order valence-corrected chi connectivity index (χ3v) is 3.60. The minimum Gasteiger partial charge on any atom is -0.490 e. The van der Waals surface area contributed by atoms with Gasteiger partial charge in [0.25, 0.3) is 0 Å². The standard InChI is InChI=1S/C20H26N2O3/c1-3-24-18-11-10-16(14-19(18)25-4-2)12-13-21-20(23)22-15-17-8-6-5-7-9-17/h5-11,14H,3-4,12-13,15H2,1-2H3,(H2,21,22,23). The van der Waals surface area contributed by atoms with Crippen molar-refractivity contribution in [2.45, 2.75) is 26.8 Å². The molecule has 25 heavy (non-hydrogen) atoms. The van der Waals surface area contributed by atoms with E-state index in [0.717, 1.165) is 29.0 Å². The maximum absolute atomic E-state index is 11.8. The molecule has 2 rings (SSSR count). The molecule has 0 fully saturated rings. The van der Waals surface area contributed by atoms with Gasteiger partial charge in [-0.15, -0.1) is 0 Å². The van der Waals surface area contributed by atoms with Gasteiger partial charge in [0.05, 0.1) is 13.2 Å². The molecule has 0 atom stereocenters. The summed E-state index contributed by atoms with van der Waals surface area (Å²) in [6, 6.07) is 15.5. The molecule has 0 spiro atoms. The summed E-state index contributed by atoms with van der Waals surface area (Å²) in [7, 11) is 0. The Balaban J connectivity index is 1.78. The van der Waals surface area contributed by atoms with Crippen molar-refractivity contribution >= 4 is 6.03 Å². The molecule has 0 saturated heterocycles. The number of nitrogens with one attached hydrogen (secondary N) is 2. The van der Waals surface area contributed by atoms with Gasteiger partial charge in [-0.3, -0.25) is 0 Å². The quantitative estimate of drug-likeness (QED) is 0.733. The Labute approximate surface area is 149 Å². The Morgan fingerprint density at radius 1 is 0.880 bits per heavy atom. The van der Waals surface area contributed by atoms with Crippen molar-refractivity contribution in [2.75, 3.05) is 19.8 Å². The SMILES string of the molecule is CCOc1ccc(CCNC(=O)NCc2ccccc2)cc1OCC. The van der Waals surface area contributed by atoms with Crippen molar-refractivity contribution < 1.29 is 14.3 Å². The summed E-state index contributed by atoms with van der Waals surface area (Å²) in [5, 5.41) is 5.72. The van der Waals surface area contributed by atoms with Gasteiger partial charge in [-0.25, -0.2) is 4.79 Å². The maximum Gasteiger partial charge on any atom is 0.315 e. The number of urea groups is 1. The van der Waals surface area contributed by atoms with Crippen molar-refractivity contribution in [3.8, 4) is 11.5 Å². The van der Waals surface area contributed by atoms with Gasteiger partial charge in [0.2, 0.25) is 0 Å². The molecule has 0 bridgehead atoms. The summed E-state index contributed by atoms with van der Waals surface area (Å²) in [5.74, 6) is 1.50. The normalized spacial score (nSPS) is 10.2. The molecule has 0 heterocycles. The molecule has 134 valence electrons. The van der Waals surface area contributed by atoms with E-state index in [1.807, 2.05) is 62.4 Å². The summed E-state index contributed by atoms with van der Waals surface area (Å²) in [5.41, 5.74) is 2.17. The van der Waals surface area contributed by atoms with Crippen molar-refractivity contribution in [2.24, 2.45) is 0 Å². The van der Waals surface area contributed by atoms with Crippen molar-refractivity contribution in [3.63, 3.8) is 0 Å². The van der Waals surface area contributed by atoms with E-state index in [1.165, 1.54) is 0 Å². The highest BCUT2D eigenvalue weighted by Gasteiger charge is 2.07. The van der Waals surface area contributed by atoms with Crippen LogP contribution in [0.5, 0.6) is 11.5 Å². The number of benzene rings is 2. The highest BCUT2D eigenvalue weighted by molar-refractivity contribution is 5.73. The first-order valence-electron chi connectivity index (χ1n) is 8.67. The first kappa shape index (κ1) is 18.6. The number of carbonyl (C=O) groups is 1. The minimum atomic E-state index is -0.167. The fourth-order valence-corrected chi connectivity index (χ4v) is 2.41. The lowest BCUT2D eigenvalue weighted by Gasteiger charge is -2.13. The minimum absolute atomic E-state index is 0.167. The Morgan fingerprint density at radius 2 is 1.60 bits per heavy atom. The lowest BCUT2D eigenvalue weighted by Crippen LogP contribution is -2.36. The number of rotatable bonds is 9. The molecule has 0 radical (unpaired) electrons. The summed E-state index contributed by atoms with van der Waals surface area (Å²) in [4.78, 5) is 11.8. The van der Waals surface area contributed by atoms with Gasteiger partial charge in [0.1, 0.15) is 0 Å². The van der Waals surface area contributed by atoms with Crippen LogP contribution in [0.25, 0.3) is 0 Å². The second kappa shape index (κ2) is 10.2. The zero-order valence-corrected chi connectivity index (χ0v) is 14.9. The van der Waals surface area contributed by atoms with Crippen LogP contribution in [0.3, 0.4) is 0 Å². The lowest BCUT2D eigenvalue weighted by molar-refractivity contribution is 0.240. The molecule has 0 aromatic heterocycles. The van der Waals surface area contributed by atoms with Crippen LogP contribution in [0.4, 0.5) is 4.79 Å². The van der Waals surface area contributed by atoms with Gasteiger partial charge < -0.3 is 20.1 Å². The molecule has 0 aliphatic carbocycles. The molecule has 5 nitrogen and oxygen atoms in total. The number of ether oxygens (including phenoxy) is 2. The summed E-state index contributed by atoms with van der Waals surface area (Å²) in [6.45, 7) is 6.15. The Bertz CT molecular complexity index is 659. The smallest absolute Gasteiger partial charge is 0.315 e. The fourth-order valence-electron chi connectivity index (χ4n) is 2.41. The largest absolute Gasteiger partial charge is 0.490 e. The van der Waals surface area contributed by atoms with Gasteiger partial charge in [-0.05, 0) is 43.5 Å². The van der Waals surface area contributed by atoms with Crippen LogP contribution in [-0.2, 0) is 13.0 Å². The highest BCUT2D eigenvalue weighted by Crippen LogP contribution is 2.28. The topological polar surface area (TPSA) is 59.6 Å². The van der Waals surface area contributed by atoms with E-state index in [4.69, 9.17) is 9.47 Å². The molecular formula is C20H26N2O3. The predicted octanol–water partition coefficient (Wildman–Crippen LogP) is 3.53. The average Bonchev–Trinajstić information content (AvgIpc) is 2.63. The molecule has 2 aromatic carbocycles. The first-order valence-corrected chi connectivity index (χ1v) is 8.67. The van der Waals surface area contributed by atoms with Gasteiger partial charge in [-0.1, -0.05) is 36.4 Å². The van der Waals surface area contributed by atoms with E-state index in [9.17, 15) is 4.79 Å². The molecule has 0 aliphatic rings. The third kappa shape index (κ3) is 6.37. The lowest BCUT2D eigenvalue weighted by atomic mass is 10.1. The van der Waals surface area contributed by atoms with Crippen LogP contribution in [-0.4, -0.2) is 25.8 Å². The predicted molar refractivity (Wildman–Crippen MR) is 99.2 cm³/mol. The van der Waals surface area contributed by atoms with Crippen LogP contribution in [0.2, 0.25) is 0 Å². The van der Waals surface area contributed by atoms with Gasteiger partial charge in [-0.2, -0.15) is 0 Å². The molecular weight excluding hydrogens is 316 g/mol. The van der Waals surface area contributed by atoms with Crippen LogP contribution < -0.4 is 20.1 Å². The molecule has 0 unspecified atom stereocenters. The van der Waals surface area contributed by atoms with Crippen LogP contribution in [0, 0.1) is 0 Å². The van der Waals surface area contributed by atoms with Gasteiger partial charge in [0.15, 0.2) is 11.5 Å². The Hall–Kier alpha value is -2.69. The number of hydrogen-bond acceptors (Lipinski definition) is 3. The zero-order valence-electron chi connectivity index (χ0n) is 14.9. The number of amides is 2. The monoisotopic (exact) mass is 342 g/mol. The van der Waals surface area contributed by atoms with Crippen LogP contribution in [0.15, 0.2) is 48.5 Å². The van der Waals surface area contributed by atoms with E-state index in [1.54, 1.807) is 0 Å². The van der Waals surface area contributed by atoms with Gasteiger partial charge >= 0.3 is 6.03 Å². The summed E-state index contributed by atoms with van der Waals surface area (Å²) in [6.07, 6.45) is 0.727. The van der Waals surface area contributed by atoms with Gasteiger partial charge in [0, 0.05) is 13.1 Å². The van der Waals surface area contributed by atoms with Crippen LogP contribution in [0.1, 0.15) is 25.0 Å². The molecule has 5 heteroatoms. The second-order valence-electron chi connectivity index (χ2n) is 5.49. The molecule has 0 saturated carbocycles. The third-order valence-electron chi connectivity index (χ3n) is 3.60. The van der Waals surface area contributed by atoms with E-state index in [2.05, 4.69) is 10.6 Å². The molecule has 2 N–H and O–H groups in total. The number of carbonyl (C=O) groups excluding carboxylic acids is 1. The zero-order chi connectivity index (χ0) is 17.9. The van der Waals surface area contributed by atoms with Crippen LogP contribution >= 0.6 is 0 Å². The number of hydrogen-bond donors (Lipinski definition) is 2. The molecule has 2 aromatic rings. The Morgan fingerprint density at radius 3 is 2.32 bits per heavy atom. The summed E-state index contributed by atoms with van der Waals surface area (Å²) < 4.78 is 11.2. The fraction of sp³-hybridized carbons (Fsp3) is 0.350. The average molecular weight is 342 g/mol. The summed E-state index contributed by atoms with van der Waals surface area (Å²) >= 11 is 0. The maximum atomic E-state index is 11.8. The first-order chi connectivity index (χ1) is 12.2. The Kier molecular flexibility index (Phi) is 7.63. The van der Waals surface area contributed by atoms with Crippen molar-refractivity contribution in [1.29, 1.82) is 0 Å². The molecule has 2 amide bonds. The molecule has 0 aliphatic heterocycles.